The second kappa shape index (κ2) is 5.54. The third-order valence-electron chi connectivity index (χ3n) is 3.86. The van der Waals surface area contributed by atoms with E-state index in [1.807, 2.05) is 36.9 Å². The summed E-state index contributed by atoms with van der Waals surface area (Å²) < 4.78 is 0. The number of aliphatic hydroxyl groups excluding tert-OH is 1. The van der Waals surface area contributed by atoms with Gasteiger partial charge in [0.2, 0.25) is 0 Å². The van der Waals surface area contributed by atoms with E-state index in [0.29, 0.717) is 11.5 Å². The number of benzene rings is 1. The predicted octanol–water partition coefficient (Wildman–Crippen LogP) is 3.68. The first-order chi connectivity index (χ1) is 8.50. The molecular weight excluding hydrogens is 242 g/mol. The predicted molar refractivity (Wildman–Crippen MR) is 80.2 cm³/mol. The van der Waals surface area contributed by atoms with Gasteiger partial charge in [0, 0.05) is 23.0 Å². The van der Waals surface area contributed by atoms with Crippen molar-refractivity contribution >= 4 is 17.4 Å². The van der Waals surface area contributed by atoms with Crippen molar-refractivity contribution in [2.45, 2.75) is 39.3 Å². The normalized spacial score (nSPS) is 24.6. The summed E-state index contributed by atoms with van der Waals surface area (Å²) in [5.41, 5.74) is 2.38. The van der Waals surface area contributed by atoms with E-state index in [1.54, 1.807) is 0 Å². The number of hydrogen-bond donors (Lipinski definition) is 2. The van der Waals surface area contributed by atoms with Crippen LogP contribution < -0.4 is 5.32 Å². The highest BCUT2D eigenvalue weighted by Gasteiger charge is 2.32. The van der Waals surface area contributed by atoms with Gasteiger partial charge in [-0.3, -0.25) is 0 Å². The number of anilines is 1. The molecule has 100 valence electrons. The van der Waals surface area contributed by atoms with Gasteiger partial charge < -0.3 is 10.4 Å². The van der Waals surface area contributed by atoms with Gasteiger partial charge in [0.25, 0.3) is 0 Å². The minimum absolute atomic E-state index is 0.317. The molecule has 1 aromatic rings. The minimum atomic E-state index is -0.423. The van der Waals surface area contributed by atoms with E-state index in [0.717, 1.165) is 17.0 Å². The average molecular weight is 265 g/mol. The molecule has 0 aromatic heterocycles. The molecular formula is C15H23NOS. The molecule has 2 atom stereocenters. The monoisotopic (exact) mass is 265 g/mol. The summed E-state index contributed by atoms with van der Waals surface area (Å²) in [6, 6.07) is 8.54. The SMILES string of the molecule is CC(O)c1ccccc1NC1CSCCC1(C)C. The Labute approximate surface area is 114 Å². The fraction of sp³-hybridized carbons (Fsp3) is 0.600. The first kappa shape index (κ1) is 13.8. The largest absolute Gasteiger partial charge is 0.389 e. The van der Waals surface area contributed by atoms with Crippen LogP contribution in [0.25, 0.3) is 0 Å². The van der Waals surface area contributed by atoms with Crippen LogP contribution in [-0.4, -0.2) is 22.7 Å². The Bertz CT molecular complexity index is 403. The van der Waals surface area contributed by atoms with Crippen molar-refractivity contribution in [1.82, 2.24) is 0 Å². The van der Waals surface area contributed by atoms with Crippen LogP contribution in [0.3, 0.4) is 0 Å². The first-order valence-corrected chi connectivity index (χ1v) is 7.77. The third kappa shape index (κ3) is 3.01. The quantitative estimate of drug-likeness (QED) is 0.874. The van der Waals surface area contributed by atoms with E-state index < -0.39 is 6.10 Å². The summed E-state index contributed by atoms with van der Waals surface area (Å²) in [5, 5.41) is 13.5. The van der Waals surface area contributed by atoms with Gasteiger partial charge in [-0.05, 0) is 30.6 Å². The summed E-state index contributed by atoms with van der Waals surface area (Å²) in [6.07, 6.45) is 0.819. The molecule has 2 rings (SSSR count). The summed E-state index contributed by atoms with van der Waals surface area (Å²) >= 11 is 2.01. The topological polar surface area (TPSA) is 32.3 Å². The molecule has 0 radical (unpaired) electrons. The number of aliphatic hydroxyl groups is 1. The highest BCUT2D eigenvalue weighted by Crippen LogP contribution is 2.37. The zero-order valence-electron chi connectivity index (χ0n) is 11.4. The molecule has 0 bridgehead atoms. The Morgan fingerprint density at radius 2 is 2.11 bits per heavy atom. The Kier molecular flexibility index (Phi) is 4.23. The molecule has 0 saturated carbocycles. The summed E-state index contributed by atoms with van der Waals surface area (Å²) in [4.78, 5) is 0. The van der Waals surface area contributed by atoms with Crippen molar-refractivity contribution in [3.05, 3.63) is 29.8 Å². The Balaban J connectivity index is 2.18. The fourth-order valence-electron chi connectivity index (χ4n) is 2.35. The maximum absolute atomic E-state index is 9.82. The van der Waals surface area contributed by atoms with Crippen molar-refractivity contribution in [2.24, 2.45) is 5.41 Å². The van der Waals surface area contributed by atoms with Crippen molar-refractivity contribution in [3.63, 3.8) is 0 Å². The lowest BCUT2D eigenvalue weighted by Crippen LogP contribution is -2.41. The molecule has 1 fully saturated rings. The fourth-order valence-corrected chi connectivity index (χ4v) is 3.96. The van der Waals surface area contributed by atoms with Gasteiger partial charge in [-0.15, -0.1) is 0 Å². The molecule has 2 N–H and O–H groups in total. The molecule has 1 aromatic carbocycles. The van der Waals surface area contributed by atoms with E-state index in [4.69, 9.17) is 0 Å². The lowest BCUT2D eigenvalue weighted by atomic mass is 9.82. The molecule has 1 saturated heterocycles. The number of thioether (sulfide) groups is 1. The molecule has 1 aliphatic rings. The van der Waals surface area contributed by atoms with Crippen LogP contribution in [0.15, 0.2) is 24.3 Å². The van der Waals surface area contributed by atoms with Gasteiger partial charge in [0.15, 0.2) is 0 Å². The van der Waals surface area contributed by atoms with Crippen LogP contribution >= 0.6 is 11.8 Å². The smallest absolute Gasteiger partial charge is 0.0781 e. The van der Waals surface area contributed by atoms with Crippen molar-refractivity contribution in [2.75, 3.05) is 16.8 Å². The van der Waals surface area contributed by atoms with Crippen LogP contribution in [0.1, 0.15) is 38.9 Å². The molecule has 0 spiro atoms. The molecule has 3 heteroatoms. The molecule has 18 heavy (non-hydrogen) atoms. The highest BCUT2D eigenvalue weighted by atomic mass is 32.2. The van der Waals surface area contributed by atoms with E-state index >= 15 is 0 Å². The Morgan fingerprint density at radius 3 is 2.78 bits per heavy atom. The van der Waals surface area contributed by atoms with Crippen molar-refractivity contribution in [1.29, 1.82) is 0 Å². The van der Waals surface area contributed by atoms with E-state index in [9.17, 15) is 5.11 Å². The van der Waals surface area contributed by atoms with Crippen LogP contribution in [0.5, 0.6) is 0 Å². The molecule has 0 amide bonds. The molecule has 1 heterocycles. The molecule has 1 aliphatic heterocycles. The zero-order valence-corrected chi connectivity index (χ0v) is 12.3. The number of para-hydroxylation sites is 1. The van der Waals surface area contributed by atoms with Gasteiger partial charge in [-0.1, -0.05) is 32.0 Å². The van der Waals surface area contributed by atoms with Gasteiger partial charge in [-0.2, -0.15) is 11.8 Å². The molecule has 0 aliphatic carbocycles. The van der Waals surface area contributed by atoms with Gasteiger partial charge in [0.1, 0.15) is 0 Å². The molecule has 2 nitrogen and oxygen atoms in total. The average Bonchev–Trinajstić information content (AvgIpc) is 2.32. The molecule has 2 unspecified atom stereocenters. The standard InChI is InChI=1S/C15H23NOS/c1-11(17)12-6-4-5-7-13(12)16-14-10-18-9-8-15(14,2)3/h4-7,11,14,16-17H,8-10H2,1-3H3. The maximum Gasteiger partial charge on any atom is 0.0781 e. The second-order valence-electron chi connectivity index (χ2n) is 5.77. The first-order valence-electron chi connectivity index (χ1n) is 6.62. The van der Waals surface area contributed by atoms with Gasteiger partial charge >= 0.3 is 0 Å². The second-order valence-corrected chi connectivity index (χ2v) is 6.92. The Morgan fingerprint density at radius 1 is 1.39 bits per heavy atom. The number of rotatable bonds is 3. The van der Waals surface area contributed by atoms with Gasteiger partial charge in [-0.25, -0.2) is 0 Å². The summed E-state index contributed by atoms with van der Waals surface area (Å²) in [5.74, 6) is 2.39. The maximum atomic E-state index is 9.82. The third-order valence-corrected chi connectivity index (χ3v) is 4.92. The van der Waals surface area contributed by atoms with Crippen LogP contribution in [0, 0.1) is 5.41 Å². The number of hydrogen-bond acceptors (Lipinski definition) is 3. The summed E-state index contributed by atoms with van der Waals surface area (Å²) in [6.45, 7) is 6.48. The van der Waals surface area contributed by atoms with E-state index in [-0.39, 0.29) is 0 Å². The lowest BCUT2D eigenvalue weighted by Gasteiger charge is -2.39. The zero-order chi connectivity index (χ0) is 13.2. The summed E-state index contributed by atoms with van der Waals surface area (Å²) in [7, 11) is 0. The van der Waals surface area contributed by atoms with Crippen LogP contribution in [0.2, 0.25) is 0 Å². The van der Waals surface area contributed by atoms with Crippen LogP contribution in [0.4, 0.5) is 5.69 Å². The van der Waals surface area contributed by atoms with E-state index in [2.05, 4.69) is 25.2 Å². The minimum Gasteiger partial charge on any atom is -0.389 e. The van der Waals surface area contributed by atoms with Crippen molar-refractivity contribution < 1.29 is 5.11 Å². The Hall–Kier alpha value is -0.670. The van der Waals surface area contributed by atoms with Crippen molar-refractivity contribution in [3.8, 4) is 0 Å². The van der Waals surface area contributed by atoms with E-state index in [1.165, 1.54) is 12.2 Å². The van der Waals surface area contributed by atoms with Gasteiger partial charge in [0.05, 0.1) is 6.10 Å². The lowest BCUT2D eigenvalue weighted by molar-refractivity contribution is 0.199. The highest BCUT2D eigenvalue weighted by molar-refractivity contribution is 7.99. The van der Waals surface area contributed by atoms with Crippen LogP contribution in [-0.2, 0) is 0 Å². The number of nitrogens with one attached hydrogen (secondary N) is 1.